The second kappa shape index (κ2) is 17.4. The van der Waals surface area contributed by atoms with Gasteiger partial charge < -0.3 is 7.43 Å². The van der Waals surface area contributed by atoms with E-state index >= 15 is 0 Å². The summed E-state index contributed by atoms with van der Waals surface area (Å²) in [5, 5.41) is 2.66. The fourth-order valence-corrected chi connectivity index (χ4v) is 3.63. The second-order valence-corrected chi connectivity index (χ2v) is 8.23. The molecule has 1 aliphatic carbocycles. The van der Waals surface area contributed by atoms with Crippen LogP contribution in [0.3, 0.4) is 0 Å². The summed E-state index contributed by atoms with van der Waals surface area (Å²) >= 11 is 1.46. The summed E-state index contributed by atoms with van der Waals surface area (Å²) in [6.07, 6.45) is 6.51. The predicted octanol–water partition coefficient (Wildman–Crippen LogP) is 8.59. The van der Waals surface area contributed by atoms with Crippen molar-refractivity contribution >= 4 is 39.3 Å². The van der Waals surface area contributed by atoms with Crippen molar-refractivity contribution in [1.82, 2.24) is 0 Å². The van der Waals surface area contributed by atoms with E-state index in [2.05, 4.69) is 110 Å². The third kappa shape index (κ3) is 10.8. The van der Waals surface area contributed by atoms with Crippen molar-refractivity contribution in [1.29, 1.82) is 0 Å². The Bertz CT molecular complexity index is 888. The number of hydrogen-bond donors (Lipinski definition) is 0. The molecule has 0 atom stereocenters. The van der Waals surface area contributed by atoms with E-state index in [1.807, 2.05) is 6.07 Å². The van der Waals surface area contributed by atoms with Gasteiger partial charge in [0, 0.05) is 0 Å². The molecule has 0 radical (unpaired) electrons. The van der Waals surface area contributed by atoms with Gasteiger partial charge in [-0.2, -0.15) is 28.7 Å². The van der Waals surface area contributed by atoms with Gasteiger partial charge in [0.25, 0.3) is 0 Å². The zero-order valence-corrected chi connectivity index (χ0v) is 23.4. The van der Waals surface area contributed by atoms with Gasteiger partial charge in [0.1, 0.15) is 0 Å². The Morgan fingerprint density at radius 1 is 0.871 bits per heavy atom. The third-order valence-corrected chi connectivity index (χ3v) is 5.57. The van der Waals surface area contributed by atoms with E-state index in [9.17, 15) is 0 Å². The van der Waals surface area contributed by atoms with Gasteiger partial charge in [-0.15, -0.1) is 60.9 Å². The Kier molecular flexibility index (Phi) is 18.0. The van der Waals surface area contributed by atoms with Gasteiger partial charge in [-0.1, -0.05) is 39.7 Å². The van der Waals surface area contributed by atoms with E-state index in [1.165, 1.54) is 46.1 Å². The molecule has 0 bridgehead atoms. The average molecular weight is 534 g/mol. The Balaban J connectivity index is 0. The molecule has 3 aromatic carbocycles. The molecular formula is C28H35Cl2Zr-3. The topological polar surface area (TPSA) is 0 Å². The molecule has 0 N–H and O–H groups in total. The molecule has 0 saturated carbocycles. The molecule has 0 heterocycles. The number of rotatable bonds is 3. The fourth-order valence-electron chi connectivity index (χ4n) is 3.16. The summed E-state index contributed by atoms with van der Waals surface area (Å²) in [4.78, 5) is 0. The number of allylic oxidation sites excluding steroid dienone is 4. The molecule has 0 spiro atoms. The maximum atomic E-state index is 3.29. The minimum atomic E-state index is 0. The van der Waals surface area contributed by atoms with Gasteiger partial charge in [0.15, 0.2) is 0 Å². The van der Waals surface area contributed by atoms with Crippen molar-refractivity contribution < 1.29 is 24.2 Å². The van der Waals surface area contributed by atoms with Crippen LogP contribution in [0.1, 0.15) is 39.7 Å². The maximum absolute atomic E-state index is 3.29. The molecule has 4 rings (SSSR count). The van der Waals surface area contributed by atoms with E-state index < -0.39 is 0 Å². The van der Waals surface area contributed by atoms with Gasteiger partial charge >= 0.3 is 63.8 Å². The molecule has 1 aliphatic rings. The van der Waals surface area contributed by atoms with E-state index in [4.69, 9.17) is 0 Å². The van der Waals surface area contributed by atoms with Gasteiger partial charge in [-0.25, -0.2) is 6.08 Å². The fraction of sp³-hybridized carbons (Fsp3) is 0.250. The maximum Gasteiger partial charge on any atom is -0.0809 e. The molecule has 0 aromatic heterocycles. The summed E-state index contributed by atoms with van der Waals surface area (Å²) in [5.41, 5.74) is 4.42. The van der Waals surface area contributed by atoms with Crippen LogP contribution in [0, 0.1) is 25.3 Å². The Labute approximate surface area is 217 Å². The Morgan fingerprint density at radius 3 is 1.97 bits per heavy atom. The van der Waals surface area contributed by atoms with Gasteiger partial charge in [0.2, 0.25) is 0 Å². The number of benzene rings is 2. The molecular weight excluding hydrogens is 498 g/mol. The standard InChI is InChI=1S/C11H17.C9H7.C7H6.CH3.2ClH.Zr/c1-8(2)10-6-5-7-11(10)9(3)4;1-2-5-9-7-3-6-8(9)4-1;1-7-5-3-2-4-6-7;;;;/h6,8-9H,7H2,1-4H3;1-7H;1-6H;1H3;2*1H;/q2*-1;;-1;;;. The van der Waals surface area contributed by atoms with Crippen molar-refractivity contribution in [2.24, 2.45) is 11.8 Å². The summed E-state index contributed by atoms with van der Waals surface area (Å²) in [6, 6.07) is 25.0. The molecule has 0 nitrogen and oxygen atoms in total. The SMILES string of the molecule is CC(C)C1=C(C(C)C)C[C-]=C1.Cl.Cl.[CH3-].[Zr]=[CH]c1ccccc1.c1ccc2[cH-]ccc2c1. The van der Waals surface area contributed by atoms with Gasteiger partial charge in [-0.05, 0) is 5.92 Å². The zero-order valence-electron chi connectivity index (χ0n) is 19.3. The molecule has 168 valence electrons. The van der Waals surface area contributed by atoms with Crippen molar-refractivity contribution in [3.05, 3.63) is 109 Å². The largest absolute Gasteiger partial charge is 0.168 e. The molecule has 31 heavy (non-hydrogen) atoms. The Morgan fingerprint density at radius 2 is 1.48 bits per heavy atom. The summed E-state index contributed by atoms with van der Waals surface area (Å²) in [5.74, 6) is 1.36. The molecule has 0 aliphatic heterocycles. The molecule has 0 fully saturated rings. The quantitative estimate of drug-likeness (QED) is 0.296. The van der Waals surface area contributed by atoms with Crippen molar-refractivity contribution in [2.45, 2.75) is 34.1 Å². The number of fused-ring (bicyclic) bond motifs is 1. The van der Waals surface area contributed by atoms with E-state index in [1.54, 1.807) is 5.57 Å². The normalized spacial score (nSPS) is 11.4. The smallest absolute Gasteiger partial charge is 0.0809 e. The molecule has 0 amide bonds. The van der Waals surface area contributed by atoms with Crippen molar-refractivity contribution in [3.63, 3.8) is 0 Å². The third-order valence-electron chi connectivity index (χ3n) is 4.75. The Hall–Kier alpha value is -1.14. The minimum absolute atomic E-state index is 0. The zero-order chi connectivity index (χ0) is 20.4. The van der Waals surface area contributed by atoms with Crippen LogP contribution in [0.25, 0.3) is 10.8 Å². The van der Waals surface area contributed by atoms with Crippen molar-refractivity contribution in [2.75, 3.05) is 0 Å². The van der Waals surface area contributed by atoms with Gasteiger partial charge in [0.05, 0.1) is 0 Å². The van der Waals surface area contributed by atoms with Crippen LogP contribution in [-0.2, 0) is 24.2 Å². The summed E-state index contributed by atoms with van der Waals surface area (Å²) in [6.45, 7) is 9.03. The molecule has 3 heteroatoms. The first kappa shape index (κ1) is 32.0. The van der Waals surface area contributed by atoms with Crippen LogP contribution in [0.5, 0.6) is 0 Å². The number of halogens is 2. The van der Waals surface area contributed by atoms with Crippen LogP contribution in [0.15, 0.2) is 90.0 Å². The monoisotopic (exact) mass is 531 g/mol. The summed E-state index contributed by atoms with van der Waals surface area (Å²) < 4.78 is 2.17. The van der Waals surface area contributed by atoms with Crippen LogP contribution >= 0.6 is 24.8 Å². The minimum Gasteiger partial charge on any atom is -0.168 e. The first-order valence-corrected chi connectivity index (χ1v) is 11.4. The number of hydrogen-bond acceptors (Lipinski definition) is 0. The average Bonchev–Trinajstić information content (AvgIpc) is 3.39. The van der Waals surface area contributed by atoms with E-state index in [-0.39, 0.29) is 32.2 Å². The first-order chi connectivity index (χ1) is 13.5. The predicted molar refractivity (Wildman–Crippen MR) is 141 cm³/mol. The van der Waals surface area contributed by atoms with E-state index in [0.29, 0.717) is 11.8 Å². The first-order valence-electron chi connectivity index (χ1n) is 9.98. The van der Waals surface area contributed by atoms with Crippen LogP contribution in [-0.4, -0.2) is 3.71 Å². The van der Waals surface area contributed by atoms with Crippen molar-refractivity contribution in [3.8, 4) is 0 Å². The van der Waals surface area contributed by atoms with Crippen LogP contribution in [0.2, 0.25) is 0 Å². The molecule has 0 saturated heterocycles. The molecule has 3 aromatic rings. The summed E-state index contributed by atoms with van der Waals surface area (Å²) in [7, 11) is 0. The van der Waals surface area contributed by atoms with Crippen LogP contribution < -0.4 is 0 Å². The van der Waals surface area contributed by atoms with Gasteiger partial charge in [-0.3, -0.25) is 6.08 Å². The second-order valence-electron chi connectivity index (χ2n) is 7.52. The van der Waals surface area contributed by atoms with E-state index in [0.717, 1.165) is 6.42 Å². The van der Waals surface area contributed by atoms with Crippen LogP contribution in [0.4, 0.5) is 0 Å². The molecule has 0 unspecified atom stereocenters.